The molecule has 4 rings (SSSR count). The fourth-order valence-corrected chi connectivity index (χ4v) is 6.09. The molecule has 172 valence electrons. The van der Waals surface area contributed by atoms with Crippen LogP contribution in [0.2, 0.25) is 0 Å². The topological polar surface area (TPSA) is 18.5 Å². The quantitative estimate of drug-likeness (QED) is 0.447. The van der Waals surface area contributed by atoms with Crippen LogP contribution in [0.25, 0.3) is 0 Å². The SMILES string of the molecule is C/C=C/[C@H]1CO[C@H]([C@H]2CC[C@H]([C@H]3CC[C@H](CCc4ccc(F)c(F)c4)CC3)CC2)OC1. The molecule has 1 aliphatic heterocycles. The van der Waals surface area contributed by atoms with E-state index in [0.29, 0.717) is 11.8 Å². The first-order valence-electron chi connectivity index (χ1n) is 12.4. The minimum atomic E-state index is -0.751. The Morgan fingerprint density at radius 1 is 0.839 bits per heavy atom. The van der Waals surface area contributed by atoms with E-state index in [1.807, 2.05) is 6.92 Å². The molecule has 2 saturated carbocycles. The van der Waals surface area contributed by atoms with Gasteiger partial charge in [-0.25, -0.2) is 8.78 Å². The maximum atomic E-state index is 13.4. The Bertz CT molecular complexity index is 710. The van der Waals surface area contributed by atoms with Gasteiger partial charge in [0.1, 0.15) is 0 Å². The van der Waals surface area contributed by atoms with Crippen LogP contribution in [0.1, 0.15) is 70.3 Å². The van der Waals surface area contributed by atoms with Crippen LogP contribution in [0.3, 0.4) is 0 Å². The van der Waals surface area contributed by atoms with Crippen LogP contribution in [-0.2, 0) is 15.9 Å². The molecule has 0 aromatic heterocycles. The van der Waals surface area contributed by atoms with Gasteiger partial charge in [-0.1, -0.05) is 31.1 Å². The minimum Gasteiger partial charge on any atom is -0.352 e. The van der Waals surface area contributed by atoms with Crippen LogP contribution >= 0.6 is 0 Å². The fourth-order valence-electron chi connectivity index (χ4n) is 6.09. The lowest BCUT2D eigenvalue weighted by Crippen LogP contribution is -2.38. The van der Waals surface area contributed by atoms with Gasteiger partial charge >= 0.3 is 0 Å². The standard InChI is InChI=1S/C27H38F2O2/c1-2-3-21-17-30-27(31-18-21)24-13-11-23(12-14-24)22-9-6-19(7-10-22)4-5-20-8-15-25(28)26(29)16-20/h2-3,8,15-16,19,21-24,27H,4-7,9-14,17-18H2,1H3/b3-2+/t19-,21-,22-,23-,24-,27-. The van der Waals surface area contributed by atoms with E-state index >= 15 is 0 Å². The van der Waals surface area contributed by atoms with E-state index in [2.05, 4.69) is 12.2 Å². The number of halogens is 2. The molecular weight excluding hydrogens is 394 g/mol. The van der Waals surface area contributed by atoms with Crippen molar-refractivity contribution in [3.63, 3.8) is 0 Å². The maximum absolute atomic E-state index is 13.4. The number of rotatable bonds is 6. The molecule has 1 aromatic carbocycles. The highest BCUT2D eigenvalue weighted by Gasteiger charge is 2.35. The van der Waals surface area contributed by atoms with Gasteiger partial charge in [0.15, 0.2) is 17.9 Å². The molecular formula is C27H38F2O2. The second kappa shape index (κ2) is 11.0. The first kappa shape index (κ1) is 22.9. The molecule has 2 nitrogen and oxygen atoms in total. The lowest BCUT2D eigenvalue weighted by Gasteiger charge is -2.40. The highest BCUT2D eigenvalue weighted by atomic mass is 19.2. The Hall–Kier alpha value is -1.26. The van der Waals surface area contributed by atoms with Gasteiger partial charge in [0.25, 0.3) is 0 Å². The summed E-state index contributed by atoms with van der Waals surface area (Å²) in [6.45, 7) is 3.64. The summed E-state index contributed by atoms with van der Waals surface area (Å²) in [5.74, 6) is 1.97. The second-order valence-electron chi connectivity index (χ2n) is 10.1. The van der Waals surface area contributed by atoms with E-state index in [-0.39, 0.29) is 6.29 Å². The molecule has 0 amide bonds. The molecule has 31 heavy (non-hydrogen) atoms. The molecule has 0 atom stereocenters. The molecule has 4 heteroatoms. The average molecular weight is 433 g/mol. The third-order valence-electron chi connectivity index (χ3n) is 8.00. The molecule has 3 aliphatic rings. The zero-order chi connectivity index (χ0) is 21.6. The van der Waals surface area contributed by atoms with E-state index in [1.54, 1.807) is 6.07 Å². The van der Waals surface area contributed by atoms with E-state index in [4.69, 9.17) is 9.47 Å². The van der Waals surface area contributed by atoms with Crippen molar-refractivity contribution in [2.75, 3.05) is 13.2 Å². The fraction of sp³-hybridized carbons (Fsp3) is 0.704. The predicted octanol–water partition coefficient (Wildman–Crippen LogP) is 7.08. The maximum Gasteiger partial charge on any atom is 0.160 e. The van der Waals surface area contributed by atoms with E-state index < -0.39 is 11.6 Å². The summed E-state index contributed by atoms with van der Waals surface area (Å²) in [4.78, 5) is 0. The van der Waals surface area contributed by atoms with Crippen LogP contribution in [0.15, 0.2) is 30.4 Å². The van der Waals surface area contributed by atoms with Crippen LogP contribution < -0.4 is 0 Å². The second-order valence-corrected chi connectivity index (χ2v) is 10.1. The summed E-state index contributed by atoms with van der Waals surface area (Å²) < 4.78 is 38.6. The van der Waals surface area contributed by atoms with Gasteiger partial charge in [-0.15, -0.1) is 0 Å². The Balaban J connectivity index is 1.15. The van der Waals surface area contributed by atoms with Crippen LogP contribution in [0, 0.1) is 41.2 Å². The Morgan fingerprint density at radius 2 is 1.45 bits per heavy atom. The average Bonchev–Trinajstić information content (AvgIpc) is 2.81. The minimum absolute atomic E-state index is 0.00879. The zero-order valence-corrected chi connectivity index (χ0v) is 18.9. The molecule has 1 aromatic rings. The Kier molecular flexibility index (Phi) is 8.17. The third-order valence-corrected chi connectivity index (χ3v) is 8.00. The summed E-state index contributed by atoms with van der Waals surface area (Å²) in [5, 5.41) is 0. The Labute approximate surface area is 186 Å². The number of benzene rings is 1. The van der Waals surface area contributed by atoms with Gasteiger partial charge in [-0.2, -0.15) is 0 Å². The molecule has 0 unspecified atom stereocenters. The van der Waals surface area contributed by atoms with Crippen molar-refractivity contribution >= 4 is 0 Å². The van der Waals surface area contributed by atoms with Gasteiger partial charge in [0.2, 0.25) is 0 Å². The molecule has 1 saturated heterocycles. The highest BCUT2D eigenvalue weighted by Crippen LogP contribution is 2.43. The third kappa shape index (κ3) is 6.16. The van der Waals surface area contributed by atoms with Crippen molar-refractivity contribution in [1.29, 1.82) is 0 Å². The van der Waals surface area contributed by atoms with E-state index in [9.17, 15) is 8.78 Å². The van der Waals surface area contributed by atoms with Crippen LogP contribution in [-0.4, -0.2) is 19.5 Å². The predicted molar refractivity (Wildman–Crippen MR) is 120 cm³/mol. The zero-order valence-electron chi connectivity index (χ0n) is 18.9. The molecule has 3 fully saturated rings. The van der Waals surface area contributed by atoms with Crippen LogP contribution in [0.5, 0.6) is 0 Å². The van der Waals surface area contributed by atoms with Gasteiger partial charge in [0.05, 0.1) is 13.2 Å². The first-order valence-corrected chi connectivity index (χ1v) is 12.4. The number of hydrogen-bond acceptors (Lipinski definition) is 2. The van der Waals surface area contributed by atoms with Crippen molar-refractivity contribution in [3.8, 4) is 0 Å². The lowest BCUT2D eigenvalue weighted by atomic mass is 9.68. The summed E-state index contributed by atoms with van der Waals surface area (Å²) in [6.07, 6.45) is 16.6. The van der Waals surface area contributed by atoms with E-state index in [0.717, 1.165) is 49.4 Å². The molecule has 0 radical (unpaired) electrons. The largest absolute Gasteiger partial charge is 0.352 e. The molecule has 0 spiro atoms. The van der Waals surface area contributed by atoms with Crippen molar-refractivity contribution in [3.05, 3.63) is 47.5 Å². The number of ether oxygens (including phenoxy) is 2. The highest BCUT2D eigenvalue weighted by molar-refractivity contribution is 5.17. The normalized spacial score (nSPS) is 34.8. The number of aryl methyl sites for hydroxylation is 1. The smallest absolute Gasteiger partial charge is 0.160 e. The van der Waals surface area contributed by atoms with Gasteiger partial charge in [-0.05, 0) is 93.7 Å². The molecule has 2 aliphatic carbocycles. The van der Waals surface area contributed by atoms with Crippen LogP contribution in [0.4, 0.5) is 8.78 Å². The van der Waals surface area contributed by atoms with E-state index in [1.165, 1.54) is 63.5 Å². The van der Waals surface area contributed by atoms with Gasteiger partial charge in [0, 0.05) is 11.8 Å². The monoisotopic (exact) mass is 432 g/mol. The summed E-state index contributed by atoms with van der Waals surface area (Å²) in [5.41, 5.74) is 0.920. The summed E-state index contributed by atoms with van der Waals surface area (Å²) in [6, 6.07) is 4.34. The van der Waals surface area contributed by atoms with Crippen molar-refractivity contribution in [1.82, 2.24) is 0 Å². The van der Waals surface area contributed by atoms with Crippen molar-refractivity contribution in [2.45, 2.75) is 77.4 Å². The lowest BCUT2D eigenvalue weighted by molar-refractivity contribution is -0.223. The molecule has 1 heterocycles. The summed E-state index contributed by atoms with van der Waals surface area (Å²) >= 11 is 0. The van der Waals surface area contributed by atoms with Gasteiger partial charge < -0.3 is 9.47 Å². The number of hydrogen-bond donors (Lipinski definition) is 0. The molecule has 0 bridgehead atoms. The first-order chi connectivity index (χ1) is 15.1. The van der Waals surface area contributed by atoms with Crippen molar-refractivity contribution < 1.29 is 18.3 Å². The summed E-state index contributed by atoms with van der Waals surface area (Å²) in [7, 11) is 0. The van der Waals surface area contributed by atoms with Crippen molar-refractivity contribution in [2.24, 2.45) is 29.6 Å². The molecule has 0 N–H and O–H groups in total. The Morgan fingerprint density at radius 3 is 2.06 bits per heavy atom. The van der Waals surface area contributed by atoms with Gasteiger partial charge in [-0.3, -0.25) is 0 Å². The number of allylic oxidation sites excluding steroid dienone is 1.